The second-order valence-corrected chi connectivity index (χ2v) is 8.75. The fraction of sp³-hybridized carbons (Fsp3) is 0.391. The number of imidazole rings is 1. The Morgan fingerprint density at radius 2 is 2.03 bits per heavy atom. The highest BCUT2D eigenvalue weighted by molar-refractivity contribution is 5.59. The molecule has 1 N–H and O–H groups in total. The van der Waals surface area contributed by atoms with Crippen molar-refractivity contribution < 1.29 is 9.13 Å². The molecule has 2 aliphatic rings. The number of pyridine rings is 1. The van der Waals surface area contributed by atoms with Gasteiger partial charge in [0.05, 0.1) is 25.0 Å². The number of hydrogen-bond donors (Lipinski definition) is 1. The van der Waals surface area contributed by atoms with Crippen molar-refractivity contribution in [3.05, 3.63) is 59.6 Å². The largest absolute Gasteiger partial charge is 0.367 e. The highest BCUT2D eigenvalue weighted by Gasteiger charge is 2.30. The molecule has 9 heteroatoms. The third-order valence-electron chi connectivity index (χ3n) is 6.31. The Morgan fingerprint density at radius 1 is 1.16 bits per heavy atom. The molecule has 4 aromatic rings. The molecule has 1 saturated carbocycles. The molecule has 8 nitrogen and oxygen atoms in total. The van der Waals surface area contributed by atoms with Crippen LogP contribution in [-0.4, -0.2) is 48.7 Å². The molecule has 1 saturated heterocycles. The van der Waals surface area contributed by atoms with E-state index in [1.807, 2.05) is 29.8 Å². The van der Waals surface area contributed by atoms with Crippen molar-refractivity contribution in [2.75, 3.05) is 18.0 Å². The highest BCUT2D eigenvalue weighted by Crippen LogP contribution is 2.41. The quantitative estimate of drug-likeness (QED) is 0.527. The van der Waals surface area contributed by atoms with E-state index in [1.54, 1.807) is 12.4 Å². The lowest BCUT2D eigenvalue weighted by Gasteiger charge is -2.37. The second kappa shape index (κ2) is 7.37. The fourth-order valence-electron chi connectivity index (χ4n) is 4.52. The minimum Gasteiger partial charge on any atom is -0.367 e. The number of ether oxygens (including phenoxy) is 1. The van der Waals surface area contributed by atoms with Gasteiger partial charge in [-0.25, -0.2) is 19.3 Å². The predicted octanol–water partition coefficient (Wildman–Crippen LogP) is 3.81. The van der Waals surface area contributed by atoms with E-state index in [0.29, 0.717) is 23.9 Å². The number of H-pyrrole nitrogens is 1. The summed E-state index contributed by atoms with van der Waals surface area (Å²) in [5.41, 5.74) is 4.14. The lowest BCUT2D eigenvalue weighted by atomic mass is 10.1. The molecule has 164 valence electrons. The van der Waals surface area contributed by atoms with Gasteiger partial charge in [0.15, 0.2) is 5.82 Å². The van der Waals surface area contributed by atoms with Crippen molar-refractivity contribution in [2.45, 2.75) is 44.8 Å². The summed E-state index contributed by atoms with van der Waals surface area (Å²) in [7, 11) is 0. The average molecular weight is 433 g/mol. The van der Waals surface area contributed by atoms with Crippen LogP contribution in [0.25, 0.3) is 17.2 Å². The summed E-state index contributed by atoms with van der Waals surface area (Å²) < 4.78 is 22.5. The molecule has 1 aliphatic carbocycles. The number of hydrogen-bond acceptors (Lipinski definition) is 6. The maximum absolute atomic E-state index is 14.4. The first kappa shape index (κ1) is 19.4. The molecule has 32 heavy (non-hydrogen) atoms. The van der Waals surface area contributed by atoms with Crippen molar-refractivity contribution in [3.63, 3.8) is 0 Å². The van der Waals surface area contributed by atoms with Crippen molar-refractivity contribution in [1.29, 1.82) is 0 Å². The Kier molecular flexibility index (Phi) is 4.46. The standard InChI is InChI=1S/C23H24FN7O/c1-13-10-30(12-20(32-13)16-8-27-29-14(16)2)21-5-6-25-23(28-21)19-9-26-22-7-18(24)17(11-31(19)22)15-3-4-15/h5-9,11,13,15,20H,3-4,10,12H2,1-2H3,(H,27,29)/t13-,20+/m0/s1. The summed E-state index contributed by atoms with van der Waals surface area (Å²) in [6, 6.07) is 3.42. The van der Waals surface area contributed by atoms with E-state index < -0.39 is 0 Å². The van der Waals surface area contributed by atoms with Crippen LogP contribution in [0.2, 0.25) is 0 Å². The van der Waals surface area contributed by atoms with E-state index in [9.17, 15) is 4.39 Å². The van der Waals surface area contributed by atoms with Gasteiger partial charge >= 0.3 is 0 Å². The smallest absolute Gasteiger partial charge is 0.180 e. The molecule has 6 rings (SSSR count). The Bertz CT molecular complexity index is 1290. The van der Waals surface area contributed by atoms with Crippen LogP contribution >= 0.6 is 0 Å². The number of anilines is 1. The van der Waals surface area contributed by atoms with E-state index in [1.165, 1.54) is 6.07 Å². The van der Waals surface area contributed by atoms with Crippen LogP contribution in [-0.2, 0) is 4.74 Å². The van der Waals surface area contributed by atoms with Crippen molar-refractivity contribution in [3.8, 4) is 11.5 Å². The SMILES string of the molecule is Cc1[nH]ncc1[C@H]1CN(c2ccnc(-c3cnc4cc(F)c(C5CC5)cn34)n2)C[C@H](C)O1. The molecular weight excluding hydrogens is 409 g/mol. The Balaban J connectivity index is 1.35. The molecule has 0 unspecified atom stereocenters. The van der Waals surface area contributed by atoms with Gasteiger partial charge in [0.25, 0.3) is 0 Å². The third-order valence-corrected chi connectivity index (χ3v) is 6.31. The van der Waals surface area contributed by atoms with Gasteiger partial charge in [-0.05, 0) is 38.7 Å². The zero-order valence-corrected chi connectivity index (χ0v) is 18.0. The summed E-state index contributed by atoms with van der Waals surface area (Å²) in [4.78, 5) is 16.0. The maximum atomic E-state index is 14.4. The van der Waals surface area contributed by atoms with E-state index in [0.717, 1.165) is 47.7 Å². The number of aromatic nitrogens is 6. The first-order chi connectivity index (χ1) is 15.6. The van der Waals surface area contributed by atoms with Crippen LogP contribution in [0.5, 0.6) is 0 Å². The van der Waals surface area contributed by atoms with Crippen LogP contribution in [0.15, 0.2) is 36.9 Å². The fourth-order valence-corrected chi connectivity index (χ4v) is 4.52. The molecule has 0 bridgehead atoms. The molecule has 4 aromatic heterocycles. The van der Waals surface area contributed by atoms with Gasteiger partial charge in [-0.3, -0.25) is 9.50 Å². The minimum absolute atomic E-state index is 0.0429. The number of halogens is 1. The Labute approximate surface area is 184 Å². The van der Waals surface area contributed by atoms with E-state index in [2.05, 4.69) is 32.0 Å². The zero-order valence-electron chi connectivity index (χ0n) is 18.0. The molecule has 2 atom stereocenters. The Morgan fingerprint density at radius 3 is 2.81 bits per heavy atom. The molecule has 0 amide bonds. The molecular formula is C23H24FN7O. The van der Waals surface area contributed by atoms with Gasteiger partial charge in [-0.15, -0.1) is 0 Å². The van der Waals surface area contributed by atoms with Crippen LogP contribution in [0, 0.1) is 12.7 Å². The summed E-state index contributed by atoms with van der Waals surface area (Å²) in [6.45, 7) is 5.47. The Hall–Kier alpha value is -3.33. The topological polar surface area (TPSA) is 84.2 Å². The number of nitrogens with zero attached hydrogens (tertiary/aromatic N) is 6. The zero-order chi connectivity index (χ0) is 21.8. The average Bonchev–Trinajstić information content (AvgIpc) is 3.41. The molecule has 2 fully saturated rings. The number of nitrogens with one attached hydrogen (secondary N) is 1. The third kappa shape index (κ3) is 3.33. The summed E-state index contributed by atoms with van der Waals surface area (Å²) in [6.07, 6.45) is 9.18. The number of fused-ring (bicyclic) bond motifs is 1. The van der Waals surface area contributed by atoms with Crippen LogP contribution in [0.1, 0.15) is 48.6 Å². The van der Waals surface area contributed by atoms with Crippen LogP contribution in [0.3, 0.4) is 0 Å². The number of aromatic amines is 1. The number of rotatable bonds is 4. The molecule has 0 aromatic carbocycles. The first-order valence-corrected chi connectivity index (χ1v) is 11.0. The van der Waals surface area contributed by atoms with Gasteiger partial charge in [0.1, 0.15) is 29.1 Å². The van der Waals surface area contributed by atoms with Gasteiger partial charge in [-0.2, -0.15) is 5.10 Å². The monoisotopic (exact) mass is 433 g/mol. The van der Waals surface area contributed by atoms with E-state index >= 15 is 0 Å². The molecule has 0 radical (unpaired) electrons. The lowest BCUT2D eigenvalue weighted by molar-refractivity contribution is -0.0178. The molecule has 1 aliphatic heterocycles. The van der Waals surface area contributed by atoms with E-state index in [-0.39, 0.29) is 18.0 Å². The van der Waals surface area contributed by atoms with Crippen molar-refractivity contribution in [1.82, 2.24) is 29.5 Å². The lowest BCUT2D eigenvalue weighted by Crippen LogP contribution is -2.43. The normalized spacial score (nSPS) is 21.4. The molecule has 0 spiro atoms. The van der Waals surface area contributed by atoms with Crippen LogP contribution < -0.4 is 4.90 Å². The summed E-state index contributed by atoms with van der Waals surface area (Å²) in [5, 5.41) is 7.13. The number of aryl methyl sites for hydroxylation is 1. The second-order valence-electron chi connectivity index (χ2n) is 8.75. The van der Waals surface area contributed by atoms with E-state index in [4.69, 9.17) is 9.72 Å². The van der Waals surface area contributed by atoms with Crippen molar-refractivity contribution >= 4 is 11.5 Å². The van der Waals surface area contributed by atoms with Gasteiger partial charge in [-0.1, -0.05) is 0 Å². The summed E-state index contributed by atoms with van der Waals surface area (Å²) >= 11 is 0. The minimum atomic E-state index is -0.185. The summed E-state index contributed by atoms with van der Waals surface area (Å²) in [5.74, 6) is 1.52. The highest BCUT2D eigenvalue weighted by atomic mass is 19.1. The van der Waals surface area contributed by atoms with Gasteiger partial charge < -0.3 is 9.64 Å². The number of morpholine rings is 1. The predicted molar refractivity (Wildman–Crippen MR) is 117 cm³/mol. The van der Waals surface area contributed by atoms with Gasteiger partial charge in [0, 0.05) is 41.8 Å². The first-order valence-electron chi connectivity index (χ1n) is 11.0. The van der Waals surface area contributed by atoms with Crippen LogP contribution in [0.4, 0.5) is 10.2 Å². The maximum Gasteiger partial charge on any atom is 0.180 e. The van der Waals surface area contributed by atoms with Gasteiger partial charge in [0.2, 0.25) is 0 Å². The van der Waals surface area contributed by atoms with Crippen molar-refractivity contribution in [2.24, 2.45) is 0 Å². The molecule has 5 heterocycles.